The lowest BCUT2D eigenvalue weighted by Gasteiger charge is -2.06. The number of benzene rings is 1. The maximum absolute atomic E-state index is 10.8. The quantitative estimate of drug-likeness (QED) is 0.908. The van der Waals surface area contributed by atoms with E-state index < -0.39 is 5.97 Å². The highest BCUT2D eigenvalue weighted by Crippen LogP contribution is 2.31. The van der Waals surface area contributed by atoms with Crippen LogP contribution in [0.25, 0.3) is 11.3 Å². The highest BCUT2D eigenvalue weighted by atomic mass is 32.1. The second kappa shape index (κ2) is 4.55. The smallest absolute Gasteiger partial charge is 0.347 e. The Labute approximate surface area is 103 Å². The third-order valence-electron chi connectivity index (χ3n) is 2.35. The first-order valence-corrected chi connectivity index (χ1v) is 5.74. The van der Waals surface area contributed by atoms with Crippen molar-refractivity contribution in [3.63, 3.8) is 0 Å². The molecule has 0 saturated heterocycles. The van der Waals surface area contributed by atoms with E-state index in [1.807, 2.05) is 25.1 Å². The van der Waals surface area contributed by atoms with Gasteiger partial charge in [-0.1, -0.05) is 6.07 Å². The Hall–Kier alpha value is -1.88. The van der Waals surface area contributed by atoms with Gasteiger partial charge in [-0.3, -0.25) is 0 Å². The summed E-state index contributed by atoms with van der Waals surface area (Å²) in [5.74, 6) is -0.257. The number of nitrogens with zero attached hydrogens (tertiary/aromatic N) is 1. The van der Waals surface area contributed by atoms with Crippen LogP contribution in [-0.4, -0.2) is 22.6 Å². The van der Waals surface area contributed by atoms with E-state index in [9.17, 15) is 4.79 Å². The van der Waals surface area contributed by atoms with Crippen LogP contribution in [0, 0.1) is 6.92 Å². The highest BCUT2D eigenvalue weighted by Gasteiger charge is 2.13. The molecule has 88 valence electrons. The maximum atomic E-state index is 10.8. The summed E-state index contributed by atoms with van der Waals surface area (Å²) in [6, 6.07) is 7.28. The molecule has 5 heteroatoms. The standard InChI is InChI=1S/C12H11NO3S/c1-7-3-4-8(10(5-7)16-2)9-6-11(12(14)15)17-13-9/h3-6H,1-2H3,(H,14,15). The van der Waals surface area contributed by atoms with Gasteiger partial charge in [-0.25, -0.2) is 4.79 Å². The normalized spacial score (nSPS) is 10.2. The van der Waals surface area contributed by atoms with Crippen molar-refractivity contribution >= 4 is 17.5 Å². The lowest BCUT2D eigenvalue weighted by atomic mass is 10.1. The molecule has 0 aliphatic rings. The molecule has 0 spiro atoms. The zero-order valence-electron chi connectivity index (χ0n) is 9.43. The van der Waals surface area contributed by atoms with E-state index in [0.717, 1.165) is 22.7 Å². The summed E-state index contributed by atoms with van der Waals surface area (Å²) in [4.78, 5) is 11.0. The third kappa shape index (κ3) is 2.29. The van der Waals surface area contributed by atoms with E-state index in [1.54, 1.807) is 13.2 Å². The van der Waals surface area contributed by atoms with Crippen LogP contribution in [0.15, 0.2) is 24.3 Å². The summed E-state index contributed by atoms with van der Waals surface area (Å²) in [5.41, 5.74) is 2.52. The SMILES string of the molecule is COc1cc(C)ccc1-c1cc(C(=O)O)sn1. The largest absolute Gasteiger partial charge is 0.496 e. The van der Waals surface area contributed by atoms with Gasteiger partial charge in [-0.15, -0.1) is 0 Å². The molecule has 0 aliphatic carbocycles. The molecule has 0 aliphatic heterocycles. The van der Waals surface area contributed by atoms with Crippen LogP contribution in [0.2, 0.25) is 0 Å². The van der Waals surface area contributed by atoms with Crippen LogP contribution in [0.4, 0.5) is 0 Å². The van der Waals surface area contributed by atoms with E-state index in [0.29, 0.717) is 11.4 Å². The lowest BCUT2D eigenvalue weighted by molar-refractivity contribution is 0.0702. The van der Waals surface area contributed by atoms with Gasteiger partial charge >= 0.3 is 5.97 Å². The number of aromatic nitrogens is 1. The fourth-order valence-corrected chi connectivity index (χ4v) is 2.10. The summed E-state index contributed by atoms with van der Waals surface area (Å²) in [5, 5.41) is 8.85. The van der Waals surface area contributed by atoms with Crippen LogP contribution < -0.4 is 4.74 Å². The van der Waals surface area contributed by atoms with Crippen LogP contribution in [0.5, 0.6) is 5.75 Å². The second-order valence-corrected chi connectivity index (χ2v) is 4.39. The van der Waals surface area contributed by atoms with Crippen LogP contribution >= 0.6 is 11.5 Å². The van der Waals surface area contributed by atoms with Gasteiger partial charge in [0.05, 0.1) is 12.8 Å². The molecule has 1 aromatic heterocycles. The molecule has 1 aromatic carbocycles. The van der Waals surface area contributed by atoms with Gasteiger partial charge in [0.1, 0.15) is 10.6 Å². The molecule has 4 nitrogen and oxygen atoms in total. The molecular weight excluding hydrogens is 238 g/mol. The number of aromatic carboxylic acids is 1. The number of carbonyl (C=O) groups is 1. The fourth-order valence-electron chi connectivity index (χ4n) is 1.51. The second-order valence-electron chi connectivity index (χ2n) is 3.59. The van der Waals surface area contributed by atoms with E-state index >= 15 is 0 Å². The Bertz CT molecular complexity index is 563. The molecule has 0 fully saturated rings. The van der Waals surface area contributed by atoms with E-state index in [4.69, 9.17) is 9.84 Å². The first kappa shape index (κ1) is 11.6. The Kier molecular flexibility index (Phi) is 3.10. The topological polar surface area (TPSA) is 59.4 Å². The monoisotopic (exact) mass is 249 g/mol. The number of rotatable bonds is 3. The number of ether oxygens (including phenoxy) is 1. The molecule has 2 aromatic rings. The first-order valence-electron chi connectivity index (χ1n) is 4.97. The van der Waals surface area contributed by atoms with Crippen molar-refractivity contribution in [2.24, 2.45) is 0 Å². The molecule has 2 rings (SSSR count). The van der Waals surface area contributed by atoms with Crippen LogP contribution in [0.1, 0.15) is 15.2 Å². The molecule has 0 atom stereocenters. The van der Waals surface area contributed by atoms with Crippen molar-refractivity contribution < 1.29 is 14.6 Å². The van der Waals surface area contributed by atoms with Gasteiger partial charge in [0, 0.05) is 5.56 Å². The van der Waals surface area contributed by atoms with Gasteiger partial charge in [0.2, 0.25) is 0 Å². The third-order valence-corrected chi connectivity index (χ3v) is 3.13. The summed E-state index contributed by atoms with van der Waals surface area (Å²) < 4.78 is 9.39. The predicted molar refractivity (Wildman–Crippen MR) is 65.8 cm³/mol. The molecule has 0 amide bonds. The summed E-state index contributed by atoms with van der Waals surface area (Å²) in [6.45, 7) is 1.97. The van der Waals surface area contributed by atoms with Crippen molar-refractivity contribution in [3.05, 3.63) is 34.7 Å². The lowest BCUT2D eigenvalue weighted by Crippen LogP contribution is -1.91. The number of hydrogen-bond donors (Lipinski definition) is 1. The summed E-state index contributed by atoms with van der Waals surface area (Å²) >= 11 is 0.971. The number of carboxylic acids is 1. The predicted octanol–water partition coefficient (Wildman–Crippen LogP) is 2.83. The van der Waals surface area contributed by atoms with Crippen LogP contribution in [0.3, 0.4) is 0 Å². The molecule has 0 unspecified atom stereocenters. The van der Waals surface area contributed by atoms with Gasteiger partial charge < -0.3 is 9.84 Å². The summed E-state index contributed by atoms with van der Waals surface area (Å²) in [6.07, 6.45) is 0. The number of methoxy groups -OCH3 is 1. The zero-order chi connectivity index (χ0) is 12.4. The van der Waals surface area contributed by atoms with Gasteiger partial charge in [-0.05, 0) is 42.2 Å². The minimum atomic E-state index is -0.958. The van der Waals surface area contributed by atoms with Gasteiger partial charge in [0.15, 0.2) is 0 Å². The highest BCUT2D eigenvalue weighted by molar-refractivity contribution is 7.08. The molecule has 17 heavy (non-hydrogen) atoms. The minimum Gasteiger partial charge on any atom is -0.496 e. The van der Waals surface area contributed by atoms with Crippen LogP contribution in [-0.2, 0) is 0 Å². The fraction of sp³-hybridized carbons (Fsp3) is 0.167. The van der Waals surface area contributed by atoms with Gasteiger partial charge in [0.25, 0.3) is 0 Å². The van der Waals surface area contributed by atoms with E-state index in [2.05, 4.69) is 4.37 Å². The minimum absolute atomic E-state index is 0.225. The van der Waals surface area contributed by atoms with Crippen molar-refractivity contribution in [2.75, 3.05) is 7.11 Å². The zero-order valence-corrected chi connectivity index (χ0v) is 10.2. The average molecular weight is 249 g/mol. The molecule has 1 heterocycles. The molecule has 0 bridgehead atoms. The molecular formula is C12H11NO3S. The Morgan fingerprint density at radius 1 is 1.41 bits per heavy atom. The van der Waals surface area contributed by atoms with Crippen molar-refractivity contribution in [2.45, 2.75) is 6.92 Å². The molecule has 1 N–H and O–H groups in total. The van der Waals surface area contributed by atoms with Crippen molar-refractivity contribution in [1.82, 2.24) is 4.37 Å². The number of hydrogen-bond acceptors (Lipinski definition) is 4. The molecule has 0 saturated carbocycles. The number of carboxylic acid groups (broad SMARTS) is 1. The van der Waals surface area contributed by atoms with Gasteiger partial charge in [-0.2, -0.15) is 4.37 Å². The van der Waals surface area contributed by atoms with E-state index in [1.165, 1.54) is 0 Å². The van der Waals surface area contributed by atoms with Crippen molar-refractivity contribution in [3.8, 4) is 17.0 Å². The Morgan fingerprint density at radius 3 is 2.76 bits per heavy atom. The maximum Gasteiger partial charge on any atom is 0.347 e. The first-order chi connectivity index (χ1) is 8.11. The Morgan fingerprint density at radius 2 is 2.18 bits per heavy atom. The Balaban J connectivity index is 2.48. The molecule has 0 radical (unpaired) electrons. The van der Waals surface area contributed by atoms with Crippen molar-refractivity contribution in [1.29, 1.82) is 0 Å². The summed E-state index contributed by atoms with van der Waals surface area (Å²) in [7, 11) is 1.59. The average Bonchev–Trinajstić information content (AvgIpc) is 2.78. The number of aryl methyl sites for hydroxylation is 1. The van der Waals surface area contributed by atoms with E-state index in [-0.39, 0.29) is 4.88 Å².